The van der Waals surface area contributed by atoms with Gasteiger partial charge in [0.25, 0.3) is 0 Å². The zero-order chi connectivity index (χ0) is 10.1. The molecule has 1 fully saturated rings. The van der Waals surface area contributed by atoms with E-state index >= 15 is 0 Å². The summed E-state index contributed by atoms with van der Waals surface area (Å²) in [6, 6.07) is 0.417. The van der Waals surface area contributed by atoms with Crippen molar-refractivity contribution in [2.45, 2.75) is 19.0 Å². The highest BCUT2D eigenvalue weighted by Crippen LogP contribution is 2.27. The second-order valence-electron chi connectivity index (χ2n) is 3.84. The Labute approximate surface area is 97.1 Å². The molecule has 0 radical (unpaired) electrons. The van der Waals surface area contributed by atoms with E-state index in [1.807, 2.05) is 10.9 Å². The minimum atomic E-state index is 0.136. The first-order valence-electron chi connectivity index (χ1n) is 4.70. The van der Waals surface area contributed by atoms with E-state index in [1.165, 1.54) is 0 Å². The van der Waals surface area contributed by atoms with Crippen LogP contribution in [0.25, 0.3) is 0 Å². The molecule has 5 nitrogen and oxygen atoms in total. The molecular weight excluding hydrogens is 293 g/mol. The molecule has 0 unspecified atom stereocenters. The van der Waals surface area contributed by atoms with E-state index < -0.39 is 0 Å². The maximum absolute atomic E-state index is 6.12. The van der Waals surface area contributed by atoms with Gasteiger partial charge in [0.1, 0.15) is 0 Å². The van der Waals surface area contributed by atoms with Crippen molar-refractivity contribution in [3.63, 3.8) is 0 Å². The first-order chi connectivity index (χ1) is 6.68. The fraction of sp³-hybridized carbons (Fsp3) is 0.750. The first-order valence-corrected chi connectivity index (χ1v) is 5.67. The first kappa shape index (κ1) is 10.3. The number of halogens is 1. The Balaban J connectivity index is 2.18. The predicted molar refractivity (Wildman–Crippen MR) is 61.8 cm³/mol. The van der Waals surface area contributed by atoms with Crippen molar-refractivity contribution >= 4 is 22.9 Å². The minimum Gasteiger partial charge on any atom is -0.325 e. The lowest BCUT2D eigenvalue weighted by Crippen LogP contribution is -2.50. The van der Waals surface area contributed by atoms with E-state index in [0.29, 0.717) is 5.92 Å². The number of nitrogens with two attached hydrogens (primary N) is 1. The summed E-state index contributed by atoms with van der Waals surface area (Å²) in [4.78, 5) is 0. The molecule has 3 atom stereocenters. The van der Waals surface area contributed by atoms with Gasteiger partial charge in [0, 0.05) is 48.2 Å². The average molecular weight is 307 g/mol. The van der Waals surface area contributed by atoms with E-state index in [1.54, 1.807) is 6.20 Å². The number of aromatic nitrogens is 3. The van der Waals surface area contributed by atoms with Crippen LogP contribution in [0, 0.1) is 5.92 Å². The molecule has 2 N–H and O–H groups in total. The van der Waals surface area contributed by atoms with Crippen LogP contribution in [0.5, 0.6) is 0 Å². The second-order valence-corrected chi connectivity index (χ2v) is 5.21. The molecule has 0 aliphatic carbocycles. The third-order valence-corrected chi connectivity index (χ3v) is 3.45. The number of hydrogen-bond acceptors (Lipinski definition) is 4. The quantitative estimate of drug-likeness (QED) is 0.604. The Bertz CT molecular complexity index is 276. The van der Waals surface area contributed by atoms with Crippen LogP contribution in [0.4, 0.5) is 0 Å². The van der Waals surface area contributed by atoms with Gasteiger partial charge in [0.05, 0.1) is 12.2 Å². The summed E-state index contributed by atoms with van der Waals surface area (Å²) in [5, 5.41) is 7.86. The van der Waals surface area contributed by atoms with E-state index in [9.17, 15) is 0 Å². The Hall–Kier alpha value is -0.210. The van der Waals surface area contributed by atoms with Crippen molar-refractivity contribution < 1.29 is 0 Å². The lowest BCUT2D eigenvalue weighted by molar-refractivity contribution is 0.180. The van der Waals surface area contributed by atoms with Crippen molar-refractivity contribution in [3.8, 4) is 0 Å². The topological polar surface area (TPSA) is 60.0 Å². The normalized spacial score (nSPS) is 34.6. The van der Waals surface area contributed by atoms with Crippen LogP contribution in [0.1, 0.15) is 13.0 Å². The number of hydrogen-bond donors (Lipinski definition) is 1. The van der Waals surface area contributed by atoms with Gasteiger partial charge in [0.2, 0.25) is 0 Å². The molecule has 0 aromatic carbocycles. The molecule has 1 aliphatic heterocycles. The SMILES string of the molecule is C[C@H]1CN(I)C[C@@H](N)[C@H]1n1ccnn1. The molecule has 0 spiro atoms. The van der Waals surface area contributed by atoms with Gasteiger partial charge in [-0.05, 0) is 5.92 Å². The number of nitrogens with zero attached hydrogens (tertiary/aromatic N) is 4. The zero-order valence-corrected chi connectivity index (χ0v) is 10.2. The molecule has 2 heterocycles. The molecule has 1 aliphatic rings. The summed E-state index contributed by atoms with van der Waals surface area (Å²) in [7, 11) is 0. The summed E-state index contributed by atoms with van der Waals surface area (Å²) in [6.45, 7) is 4.17. The minimum absolute atomic E-state index is 0.136. The molecule has 0 saturated carbocycles. The molecule has 2 rings (SSSR count). The fourth-order valence-corrected chi connectivity index (χ4v) is 3.16. The van der Waals surface area contributed by atoms with Gasteiger partial charge in [-0.2, -0.15) is 0 Å². The van der Waals surface area contributed by atoms with Crippen molar-refractivity contribution in [1.29, 1.82) is 0 Å². The molecule has 6 heteroatoms. The van der Waals surface area contributed by atoms with Gasteiger partial charge in [0.15, 0.2) is 0 Å². The lowest BCUT2D eigenvalue weighted by atomic mass is 9.92. The summed E-state index contributed by atoms with van der Waals surface area (Å²) >= 11 is 2.32. The van der Waals surface area contributed by atoms with Crippen LogP contribution < -0.4 is 5.73 Å². The average Bonchev–Trinajstić information content (AvgIpc) is 2.54. The summed E-state index contributed by atoms with van der Waals surface area (Å²) in [6.07, 6.45) is 3.60. The highest BCUT2D eigenvalue weighted by molar-refractivity contribution is 14.1. The number of rotatable bonds is 1. The van der Waals surface area contributed by atoms with E-state index in [2.05, 4.69) is 43.2 Å². The molecule has 14 heavy (non-hydrogen) atoms. The van der Waals surface area contributed by atoms with Crippen LogP contribution in [-0.4, -0.2) is 37.2 Å². The number of piperidine rings is 1. The van der Waals surface area contributed by atoms with E-state index in [4.69, 9.17) is 5.73 Å². The molecule has 1 aromatic heterocycles. The summed E-state index contributed by atoms with van der Waals surface area (Å²) < 4.78 is 4.12. The highest BCUT2D eigenvalue weighted by Gasteiger charge is 2.33. The highest BCUT2D eigenvalue weighted by atomic mass is 127. The summed E-state index contributed by atoms with van der Waals surface area (Å²) in [5.41, 5.74) is 6.12. The van der Waals surface area contributed by atoms with E-state index in [0.717, 1.165) is 13.1 Å². The van der Waals surface area contributed by atoms with Crippen molar-refractivity contribution in [3.05, 3.63) is 12.4 Å². The van der Waals surface area contributed by atoms with Crippen molar-refractivity contribution in [2.24, 2.45) is 11.7 Å². The zero-order valence-electron chi connectivity index (χ0n) is 8.05. The van der Waals surface area contributed by atoms with Crippen LogP contribution in [0.15, 0.2) is 12.4 Å². The molecular formula is C8H14IN5. The monoisotopic (exact) mass is 307 g/mol. The van der Waals surface area contributed by atoms with Crippen LogP contribution in [0.3, 0.4) is 0 Å². The van der Waals surface area contributed by atoms with E-state index in [-0.39, 0.29) is 12.1 Å². The fourth-order valence-electron chi connectivity index (χ4n) is 2.09. The third kappa shape index (κ3) is 1.91. The molecule has 1 aromatic rings. The molecule has 78 valence electrons. The summed E-state index contributed by atoms with van der Waals surface area (Å²) in [5.74, 6) is 0.511. The van der Waals surface area contributed by atoms with Gasteiger partial charge in [-0.3, -0.25) is 0 Å². The van der Waals surface area contributed by atoms with Gasteiger partial charge >= 0.3 is 0 Å². The molecule has 1 saturated heterocycles. The smallest absolute Gasteiger partial charge is 0.0738 e. The van der Waals surface area contributed by atoms with Gasteiger partial charge in [-0.1, -0.05) is 12.1 Å². The third-order valence-electron chi connectivity index (χ3n) is 2.66. The Morgan fingerprint density at radius 1 is 1.50 bits per heavy atom. The predicted octanol–water partition coefficient (Wildman–Crippen LogP) is 0.448. The lowest BCUT2D eigenvalue weighted by Gasteiger charge is -2.37. The van der Waals surface area contributed by atoms with Crippen molar-refractivity contribution in [2.75, 3.05) is 13.1 Å². The maximum Gasteiger partial charge on any atom is 0.0738 e. The maximum atomic E-state index is 6.12. The van der Waals surface area contributed by atoms with Crippen LogP contribution in [-0.2, 0) is 0 Å². The van der Waals surface area contributed by atoms with Crippen molar-refractivity contribution in [1.82, 2.24) is 18.1 Å². The molecule has 0 bridgehead atoms. The standard InChI is InChI=1S/C8H14IN5/c1-6-4-13(9)5-7(10)8(6)14-3-2-11-12-14/h2-3,6-8H,4-5,10H2,1H3/t6-,7+,8-/m0/s1. The molecule has 0 amide bonds. The Morgan fingerprint density at radius 3 is 2.86 bits per heavy atom. The van der Waals surface area contributed by atoms with Gasteiger partial charge < -0.3 is 5.73 Å². The van der Waals surface area contributed by atoms with Gasteiger partial charge in [-0.25, -0.2) is 7.80 Å². The van der Waals surface area contributed by atoms with Gasteiger partial charge in [-0.15, -0.1) is 5.10 Å². The largest absolute Gasteiger partial charge is 0.325 e. The second kappa shape index (κ2) is 4.11. The van der Waals surface area contributed by atoms with Crippen LogP contribution in [0.2, 0.25) is 0 Å². The van der Waals surface area contributed by atoms with Crippen LogP contribution >= 0.6 is 22.9 Å². The Kier molecular flexibility index (Phi) is 3.03. The Morgan fingerprint density at radius 2 is 2.29 bits per heavy atom.